The van der Waals surface area contributed by atoms with Crippen LogP contribution in [0.25, 0.3) is 0 Å². The van der Waals surface area contributed by atoms with E-state index >= 15 is 0 Å². The molecule has 0 amide bonds. The molecule has 1 saturated heterocycles. The molecule has 0 aromatic rings. The predicted octanol–water partition coefficient (Wildman–Crippen LogP) is 1.17. The van der Waals surface area contributed by atoms with E-state index in [4.69, 9.17) is 15.1 Å². The van der Waals surface area contributed by atoms with Crippen LogP contribution < -0.4 is 0 Å². The lowest BCUT2D eigenvalue weighted by atomic mass is 10.0. The van der Waals surface area contributed by atoms with Gasteiger partial charge in [0.15, 0.2) is 5.60 Å². The fraction of sp³-hybridized carbons (Fsp3) is 0.889. The number of nitrogens with zero attached hydrogens (tertiary/aromatic N) is 1. The van der Waals surface area contributed by atoms with E-state index in [0.717, 1.165) is 24.3 Å². The molecular formula is C9H15NO2S. The first kappa shape index (κ1) is 10.8. The SMILES string of the molecule is N#CC1(OCCCO)CCCSC1. The highest BCUT2D eigenvalue weighted by atomic mass is 32.2. The summed E-state index contributed by atoms with van der Waals surface area (Å²) in [5.74, 6) is 1.90. The Morgan fingerprint density at radius 1 is 1.62 bits per heavy atom. The average Bonchev–Trinajstić information content (AvgIpc) is 2.20. The van der Waals surface area contributed by atoms with Gasteiger partial charge in [-0.15, -0.1) is 0 Å². The highest BCUT2D eigenvalue weighted by Gasteiger charge is 2.33. The molecule has 1 atom stereocenters. The fourth-order valence-corrected chi connectivity index (χ4v) is 2.45. The molecule has 4 heteroatoms. The van der Waals surface area contributed by atoms with E-state index in [-0.39, 0.29) is 6.61 Å². The molecule has 1 N–H and O–H groups in total. The van der Waals surface area contributed by atoms with Crippen LogP contribution in [-0.2, 0) is 4.74 Å². The standard InChI is InChI=1S/C9H15NO2S/c10-7-9(12-5-2-4-11)3-1-6-13-8-9/h11H,1-6,8H2. The van der Waals surface area contributed by atoms with E-state index in [1.807, 2.05) is 0 Å². The molecule has 0 radical (unpaired) electrons. The van der Waals surface area contributed by atoms with Crippen LogP contribution in [0, 0.1) is 11.3 Å². The van der Waals surface area contributed by atoms with Crippen molar-refractivity contribution in [3.8, 4) is 6.07 Å². The average molecular weight is 201 g/mol. The van der Waals surface area contributed by atoms with Crippen LogP contribution in [-0.4, -0.2) is 35.4 Å². The minimum atomic E-state index is -0.571. The second-order valence-electron chi connectivity index (χ2n) is 3.19. The Hall–Kier alpha value is -0.240. The summed E-state index contributed by atoms with van der Waals surface area (Å²) in [7, 11) is 0. The molecule has 0 aliphatic carbocycles. The zero-order valence-electron chi connectivity index (χ0n) is 7.66. The van der Waals surface area contributed by atoms with Crippen molar-refractivity contribution >= 4 is 11.8 Å². The van der Waals surface area contributed by atoms with Crippen LogP contribution in [0.15, 0.2) is 0 Å². The second-order valence-corrected chi connectivity index (χ2v) is 4.29. The minimum Gasteiger partial charge on any atom is -0.396 e. The quantitative estimate of drug-likeness (QED) is 0.694. The van der Waals surface area contributed by atoms with Gasteiger partial charge in [-0.2, -0.15) is 17.0 Å². The van der Waals surface area contributed by atoms with Gasteiger partial charge in [0.25, 0.3) is 0 Å². The number of hydrogen-bond donors (Lipinski definition) is 1. The van der Waals surface area contributed by atoms with Gasteiger partial charge in [0.05, 0.1) is 12.7 Å². The van der Waals surface area contributed by atoms with Gasteiger partial charge in [-0.3, -0.25) is 0 Å². The van der Waals surface area contributed by atoms with E-state index in [9.17, 15) is 0 Å². The number of aliphatic hydroxyl groups excluding tert-OH is 1. The third kappa shape index (κ3) is 3.18. The molecule has 0 spiro atoms. The maximum Gasteiger partial charge on any atom is 0.163 e. The summed E-state index contributed by atoms with van der Waals surface area (Å²) < 4.78 is 5.52. The van der Waals surface area contributed by atoms with E-state index in [2.05, 4.69) is 6.07 Å². The summed E-state index contributed by atoms with van der Waals surface area (Å²) in [6, 6.07) is 2.25. The monoisotopic (exact) mass is 201 g/mol. The van der Waals surface area contributed by atoms with Crippen molar-refractivity contribution in [2.45, 2.75) is 24.9 Å². The maximum atomic E-state index is 8.99. The van der Waals surface area contributed by atoms with E-state index in [1.165, 1.54) is 0 Å². The lowest BCUT2D eigenvalue weighted by molar-refractivity contribution is 0.000567. The summed E-state index contributed by atoms with van der Waals surface area (Å²) in [6.07, 6.45) is 2.51. The van der Waals surface area contributed by atoms with Gasteiger partial charge < -0.3 is 9.84 Å². The highest BCUT2D eigenvalue weighted by molar-refractivity contribution is 7.99. The first-order chi connectivity index (χ1) is 6.33. The van der Waals surface area contributed by atoms with Crippen molar-refractivity contribution < 1.29 is 9.84 Å². The summed E-state index contributed by atoms with van der Waals surface area (Å²) in [4.78, 5) is 0. The third-order valence-electron chi connectivity index (χ3n) is 2.09. The van der Waals surface area contributed by atoms with Crippen LogP contribution in [0.4, 0.5) is 0 Å². The normalized spacial score (nSPS) is 28.3. The van der Waals surface area contributed by atoms with Gasteiger partial charge >= 0.3 is 0 Å². The van der Waals surface area contributed by atoms with E-state index in [0.29, 0.717) is 13.0 Å². The molecule has 74 valence electrons. The molecule has 0 saturated carbocycles. The number of aliphatic hydroxyl groups is 1. The van der Waals surface area contributed by atoms with Crippen molar-refractivity contribution in [3.63, 3.8) is 0 Å². The molecule has 1 aliphatic heterocycles. The minimum absolute atomic E-state index is 0.134. The molecule has 1 heterocycles. The van der Waals surface area contributed by atoms with Gasteiger partial charge in [-0.25, -0.2) is 0 Å². The molecule has 1 unspecified atom stereocenters. The lowest BCUT2D eigenvalue weighted by Crippen LogP contribution is -2.37. The van der Waals surface area contributed by atoms with Crippen molar-refractivity contribution in [1.82, 2.24) is 0 Å². The van der Waals surface area contributed by atoms with Gasteiger partial charge in [0.2, 0.25) is 0 Å². The molecule has 1 rings (SSSR count). The zero-order chi connectivity index (χ0) is 9.57. The predicted molar refractivity (Wildman–Crippen MR) is 52.6 cm³/mol. The summed E-state index contributed by atoms with van der Waals surface area (Å²) in [6.45, 7) is 0.624. The summed E-state index contributed by atoms with van der Waals surface area (Å²) in [5.41, 5.74) is -0.571. The lowest BCUT2D eigenvalue weighted by Gasteiger charge is -2.30. The van der Waals surface area contributed by atoms with Crippen LogP contribution in [0.1, 0.15) is 19.3 Å². The Morgan fingerprint density at radius 2 is 2.46 bits per heavy atom. The number of nitriles is 1. The first-order valence-corrected chi connectivity index (χ1v) is 5.72. The molecular weight excluding hydrogens is 186 g/mol. The van der Waals surface area contributed by atoms with Gasteiger partial charge in [-0.1, -0.05) is 0 Å². The van der Waals surface area contributed by atoms with Gasteiger partial charge in [-0.05, 0) is 25.0 Å². The molecule has 3 nitrogen and oxygen atoms in total. The van der Waals surface area contributed by atoms with Crippen molar-refractivity contribution in [2.75, 3.05) is 24.7 Å². The summed E-state index contributed by atoms with van der Waals surface area (Å²) in [5, 5.41) is 17.6. The topological polar surface area (TPSA) is 53.2 Å². The van der Waals surface area contributed by atoms with Crippen LogP contribution in [0.5, 0.6) is 0 Å². The smallest absolute Gasteiger partial charge is 0.163 e. The molecule has 1 fully saturated rings. The maximum absolute atomic E-state index is 8.99. The molecule has 0 aromatic carbocycles. The Bertz CT molecular complexity index is 185. The number of thioether (sulfide) groups is 1. The van der Waals surface area contributed by atoms with Crippen molar-refractivity contribution in [1.29, 1.82) is 5.26 Å². The Kier molecular flexibility index (Phi) is 4.57. The molecule has 0 bridgehead atoms. The van der Waals surface area contributed by atoms with Crippen molar-refractivity contribution in [2.24, 2.45) is 0 Å². The van der Waals surface area contributed by atoms with Crippen molar-refractivity contribution in [3.05, 3.63) is 0 Å². The second kappa shape index (κ2) is 5.48. The summed E-state index contributed by atoms with van der Waals surface area (Å²) >= 11 is 1.77. The zero-order valence-corrected chi connectivity index (χ0v) is 8.48. The van der Waals surface area contributed by atoms with E-state index < -0.39 is 5.60 Å². The number of ether oxygens (including phenoxy) is 1. The Balaban J connectivity index is 2.35. The molecule has 0 aromatic heterocycles. The van der Waals surface area contributed by atoms with Crippen LogP contribution >= 0.6 is 11.8 Å². The fourth-order valence-electron chi connectivity index (χ4n) is 1.34. The number of rotatable bonds is 4. The Morgan fingerprint density at radius 3 is 3.00 bits per heavy atom. The first-order valence-electron chi connectivity index (χ1n) is 4.57. The van der Waals surface area contributed by atoms with E-state index in [1.54, 1.807) is 11.8 Å². The van der Waals surface area contributed by atoms with Gasteiger partial charge in [0, 0.05) is 12.4 Å². The van der Waals surface area contributed by atoms with Crippen LogP contribution in [0.2, 0.25) is 0 Å². The van der Waals surface area contributed by atoms with Crippen LogP contribution in [0.3, 0.4) is 0 Å². The highest BCUT2D eigenvalue weighted by Crippen LogP contribution is 2.29. The largest absolute Gasteiger partial charge is 0.396 e. The Labute approximate surface area is 83.1 Å². The number of hydrogen-bond acceptors (Lipinski definition) is 4. The molecule has 1 aliphatic rings. The third-order valence-corrected chi connectivity index (χ3v) is 3.34. The molecule has 13 heavy (non-hydrogen) atoms. The van der Waals surface area contributed by atoms with Gasteiger partial charge in [0.1, 0.15) is 0 Å².